The van der Waals surface area contributed by atoms with Crippen LogP contribution in [0, 0.1) is 19.8 Å². The molecule has 7 heteroatoms. The van der Waals surface area contributed by atoms with Crippen molar-refractivity contribution in [1.29, 1.82) is 0 Å². The van der Waals surface area contributed by atoms with E-state index in [0.29, 0.717) is 12.6 Å². The van der Waals surface area contributed by atoms with Crippen LogP contribution in [0.25, 0.3) is 0 Å². The molecule has 1 fully saturated rings. The molecule has 6 nitrogen and oxygen atoms in total. The van der Waals surface area contributed by atoms with Crippen molar-refractivity contribution in [3.8, 4) is 0 Å². The normalized spacial score (nSPS) is 16.0. The average Bonchev–Trinajstić information content (AvgIpc) is 3.27. The molecular weight excluding hydrogens is 415 g/mol. The number of hydrogen-bond acceptors (Lipinski definition) is 3. The topological polar surface area (TPSA) is 57.5 Å². The van der Waals surface area contributed by atoms with E-state index in [2.05, 4.69) is 48.6 Å². The molecule has 1 aromatic heterocycles. The Morgan fingerprint density at radius 3 is 2.46 bits per heavy atom. The predicted octanol–water partition coefficient (Wildman–Crippen LogP) is 2.05. The number of aliphatic imine (C=N–C) groups is 1. The smallest absolute Gasteiger partial charge is 0.191 e. The molecule has 1 aromatic rings. The van der Waals surface area contributed by atoms with Gasteiger partial charge in [-0.3, -0.25) is 4.68 Å². The highest BCUT2D eigenvalue weighted by Gasteiger charge is 2.32. The summed E-state index contributed by atoms with van der Waals surface area (Å²) in [5, 5.41) is 11.3. The van der Waals surface area contributed by atoms with Gasteiger partial charge in [0.05, 0.1) is 12.2 Å². The van der Waals surface area contributed by atoms with E-state index in [0.717, 1.165) is 30.7 Å². The Labute approximate surface area is 163 Å². The first-order chi connectivity index (χ1) is 10.9. The van der Waals surface area contributed by atoms with Crippen molar-refractivity contribution in [3.05, 3.63) is 17.0 Å². The number of aryl methyl sites for hydroxylation is 2. The number of nitrogens with zero attached hydrogens (tertiary/aromatic N) is 4. The van der Waals surface area contributed by atoms with E-state index in [1.54, 1.807) is 0 Å². The molecule has 2 N–H and O–H groups in total. The van der Waals surface area contributed by atoms with Gasteiger partial charge in [-0.25, -0.2) is 4.99 Å². The molecule has 0 bridgehead atoms. The molecular formula is C17H33IN6. The minimum Gasteiger partial charge on any atom is -0.357 e. The van der Waals surface area contributed by atoms with Gasteiger partial charge in [0, 0.05) is 37.4 Å². The van der Waals surface area contributed by atoms with Crippen molar-refractivity contribution in [1.82, 2.24) is 25.3 Å². The van der Waals surface area contributed by atoms with E-state index in [9.17, 15) is 0 Å². The number of hydrogen-bond donors (Lipinski definition) is 2. The van der Waals surface area contributed by atoms with Gasteiger partial charge in [-0.15, -0.1) is 24.0 Å². The summed E-state index contributed by atoms with van der Waals surface area (Å²) in [6, 6.07) is 0.584. The van der Waals surface area contributed by atoms with Gasteiger partial charge in [-0.05, 0) is 53.6 Å². The fraction of sp³-hybridized carbons (Fsp3) is 0.765. The molecule has 1 saturated carbocycles. The third-order valence-electron chi connectivity index (χ3n) is 4.71. The minimum absolute atomic E-state index is 0. The summed E-state index contributed by atoms with van der Waals surface area (Å²) in [4.78, 5) is 7.08. The Morgan fingerprint density at radius 2 is 2.00 bits per heavy atom. The number of rotatable bonds is 7. The van der Waals surface area contributed by atoms with Crippen molar-refractivity contribution >= 4 is 29.9 Å². The average molecular weight is 448 g/mol. The van der Waals surface area contributed by atoms with Crippen LogP contribution in [0.1, 0.15) is 36.7 Å². The molecule has 1 unspecified atom stereocenters. The largest absolute Gasteiger partial charge is 0.357 e. The standard InChI is InChI=1S/C17H32N6.HI/c1-7-18-17(20-11-16(22(4)5)14-8-9-14)19-10-15-12(2)21-23(6)13(15)3;/h14,16H,7-11H2,1-6H3,(H2,18,19,20);1H. The monoisotopic (exact) mass is 448 g/mol. The van der Waals surface area contributed by atoms with Gasteiger partial charge in [-0.2, -0.15) is 5.10 Å². The Morgan fingerprint density at radius 1 is 1.33 bits per heavy atom. The van der Waals surface area contributed by atoms with Crippen LogP contribution in [0.2, 0.25) is 0 Å². The van der Waals surface area contributed by atoms with E-state index in [1.165, 1.54) is 24.1 Å². The Balaban J connectivity index is 0.00000288. The molecule has 138 valence electrons. The fourth-order valence-electron chi connectivity index (χ4n) is 3.00. The predicted molar refractivity (Wildman–Crippen MR) is 111 cm³/mol. The van der Waals surface area contributed by atoms with Crippen molar-refractivity contribution in [2.75, 3.05) is 27.2 Å². The van der Waals surface area contributed by atoms with E-state index < -0.39 is 0 Å². The summed E-state index contributed by atoms with van der Waals surface area (Å²) >= 11 is 0. The molecule has 0 aliphatic heterocycles. The van der Waals surface area contributed by atoms with Gasteiger partial charge >= 0.3 is 0 Å². The zero-order valence-electron chi connectivity index (χ0n) is 15.9. The van der Waals surface area contributed by atoms with E-state index in [1.807, 2.05) is 18.7 Å². The molecule has 0 aromatic carbocycles. The SMILES string of the molecule is CCNC(=NCc1c(C)nn(C)c1C)NCC(C1CC1)N(C)C.I. The summed E-state index contributed by atoms with van der Waals surface area (Å²) in [7, 11) is 6.31. The first-order valence-electron chi connectivity index (χ1n) is 8.61. The van der Waals surface area contributed by atoms with Gasteiger partial charge < -0.3 is 15.5 Å². The molecule has 1 atom stereocenters. The van der Waals surface area contributed by atoms with E-state index >= 15 is 0 Å². The molecule has 1 aliphatic carbocycles. The van der Waals surface area contributed by atoms with Crippen LogP contribution in [0.5, 0.6) is 0 Å². The molecule has 0 amide bonds. The van der Waals surface area contributed by atoms with E-state index in [4.69, 9.17) is 4.99 Å². The van der Waals surface area contributed by atoms with Crippen LogP contribution < -0.4 is 10.6 Å². The molecule has 0 spiro atoms. The van der Waals surface area contributed by atoms with Gasteiger partial charge in [0.1, 0.15) is 0 Å². The molecule has 1 aliphatic rings. The lowest BCUT2D eigenvalue weighted by molar-refractivity contribution is 0.264. The summed E-state index contributed by atoms with van der Waals surface area (Å²) in [6.07, 6.45) is 2.71. The molecule has 1 heterocycles. The summed E-state index contributed by atoms with van der Waals surface area (Å²) in [5.74, 6) is 1.73. The van der Waals surface area contributed by atoms with Crippen LogP contribution in [0.15, 0.2) is 4.99 Å². The quantitative estimate of drug-likeness (QED) is 0.381. The van der Waals surface area contributed by atoms with E-state index in [-0.39, 0.29) is 24.0 Å². The molecule has 2 rings (SSSR count). The van der Waals surface area contributed by atoms with Gasteiger partial charge in [-0.1, -0.05) is 0 Å². The zero-order chi connectivity index (χ0) is 17.0. The second-order valence-corrected chi connectivity index (χ2v) is 6.72. The number of aromatic nitrogens is 2. The van der Waals surface area contributed by atoms with Crippen LogP contribution in [-0.2, 0) is 13.6 Å². The highest BCUT2D eigenvalue weighted by atomic mass is 127. The van der Waals surface area contributed by atoms with Crippen molar-refractivity contribution in [3.63, 3.8) is 0 Å². The fourth-order valence-corrected chi connectivity index (χ4v) is 3.00. The Bertz CT molecular complexity index is 546. The van der Waals surface area contributed by atoms with Crippen molar-refractivity contribution in [2.45, 2.75) is 46.2 Å². The summed E-state index contributed by atoms with van der Waals surface area (Å²) < 4.78 is 1.93. The van der Waals surface area contributed by atoms with Gasteiger partial charge in [0.15, 0.2) is 5.96 Å². The van der Waals surface area contributed by atoms with Gasteiger partial charge in [0.2, 0.25) is 0 Å². The Hall–Kier alpha value is -0.830. The lowest BCUT2D eigenvalue weighted by Crippen LogP contribution is -2.46. The summed E-state index contributed by atoms with van der Waals surface area (Å²) in [5.41, 5.74) is 3.47. The van der Waals surface area contributed by atoms with Crippen LogP contribution in [0.4, 0.5) is 0 Å². The van der Waals surface area contributed by atoms with Crippen molar-refractivity contribution < 1.29 is 0 Å². The second-order valence-electron chi connectivity index (χ2n) is 6.72. The molecule has 0 radical (unpaired) electrons. The highest BCUT2D eigenvalue weighted by Crippen LogP contribution is 2.34. The lowest BCUT2D eigenvalue weighted by Gasteiger charge is -2.25. The maximum Gasteiger partial charge on any atom is 0.191 e. The lowest BCUT2D eigenvalue weighted by atomic mass is 10.1. The second kappa shape index (κ2) is 9.60. The summed E-state index contributed by atoms with van der Waals surface area (Å²) in [6.45, 7) is 8.72. The van der Waals surface area contributed by atoms with Crippen molar-refractivity contribution in [2.24, 2.45) is 18.0 Å². The molecule has 0 saturated heterocycles. The van der Waals surface area contributed by atoms with Gasteiger partial charge in [0.25, 0.3) is 0 Å². The third-order valence-corrected chi connectivity index (χ3v) is 4.71. The maximum atomic E-state index is 4.75. The van der Waals surface area contributed by atoms with Crippen LogP contribution in [0.3, 0.4) is 0 Å². The van der Waals surface area contributed by atoms with Crippen LogP contribution >= 0.6 is 24.0 Å². The maximum absolute atomic E-state index is 4.75. The number of halogens is 1. The number of guanidine groups is 1. The first-order valence-corrected chi connectivity index (χ1v) is 8.61. The molecule has 24 heavy (non-hydrogen) atoms. The zero-order valence-corrected chi connectivity index (χ0v) is 18.2. The highest BCUT2D eigenvalue weighted by molar-refractivity contribution is 14.0. The Kier molecular flexibility index (Phi) is 8.49. The number of nitrogens with one attached hydrogen (secondary N) is 2. The minimum atomic E-state index is 0. The third kappa shape index (κ3) is 5.61. The van der Waals surface area contributed by atoms with Crippen LogP contribution in [-0.4, -0.2) is 53.9 Å². The first kappa shape index (κ1) is 21.2. The number of likely N-dealkylation sites (N-methyl/N-ethyl adjacent to an activating group) is 1.